The third kappa shape index (κ3) is 4.45. The van der Waals surface area contributed by atoms with Gasteiger partial charge >= 0.3 is 0 Å². The standard InChI is InChI=1S/C24H25BrN2O/c1-17-8-9-22-23(27-17)6-3-7-24(22)28-15-12-21(18-10-13-26-14-11-18)19-4-2-5-20(25)16-19/h2-9,16,26H,10-15H2,1H3. The molecule has 1 aliphatic rings. The van der Waals surface area contributed by atoms with Gasteiger partial charge in [-0.2, -0.15) is 0 Å². The molecule has 4 rings (SSSR count). The maximum Gasteiger partial charge on any atom is 0.128 e. The minimum absolute atomic E-state index is 0.658. The molecule has 0 unspecified atom stereocenters. The number of ether oxygens (including phenoxy) is 1. The second kappa shape index (κ2) is 8.89. The molecular formula is C24H25BrN2O. The van der Waals surface area contributed by atoms with E-state index in [2.05, 4.69) is 56.6 Å². The van der Waals surface area contributed by atoms with E-state index in [4.69, 9.17) is 4.74 Å². The van der Waals surface area contributed by atoms with Crippen molar-refractivity contribution in [1.29, 1.82) is 0 Å². The lowest BCUT2D eigenvalue weighted by Crippen LogP contribution is -2.24. The molecule has 0 bridgehead atoms. The summed E-state index contributed by atoms with van der Waals surface area (Å²) in [6.07, 6.45) is 3.13. The zero-order chi connectivity index (χ0) is 19.3. The average molecular weight is 437 g/mol. The maximum atomic E-state index is 6.23. The number of aryl methyl sites for hydroxylation is 1. The van der Waals surface area contributed by atoms with E-state index in [-0.39, 0.29) is 0 Å². The molecule has 1 aliphatic heterocycles. The van der Waals surface area contributed by atoms with Crippen LogP contribution in [0.15, 0.2) is 64.6 Å². The molecule has 2 aromatic carbocycles. The third-order valence-electron chi connectivity index (χ3n) is 5.25. The molecule has 0 aliphatic carbocycles. The van der Waals surface area contributed by atoms with Gasteiger partial charge in [-0.05, 0) is 80.4 Å². The fourth-order valence-electron chi connectivity index (χ4n) is 3.85. The molecule has 144 valence electrons. The van der Waals surface area contributed by atoms with Gasteiger partial charge in [-0.25, -0.2) is 0 Å². The van der Waals surface area contributed by atoms with Crippen LogP contribution in [0.3, 0.4) is 0 Å². The summed E-state index contributed by atoms with van der Waals surface area (Å²) >= 11 is 3.62. The van der Waals surface area contributed by atoms with Crippen molar-refractivity contribution >= 4 is 32.4 Å². The van der Waals surface area contributed by atoms with E-state index in [0.29, 0.717) is 6.61 Å². The highest BCUT2D eigenvalue weighted by atomic mass is 79.9. The lowest BCUT2D eigenvalue weighted by molar-refractivity contribution is 0.330. The molecule has 3 aromatic rings. The number of nitrogens with one attached hydrogen (secondary N) is 1. The highest BCUT2D eigenvalue weighted by Crippen LogP contribution is 2.30. The summed E-state index contributed by atoms with van der Waals surface area (Å²) in [6, 6.07) is 18.9. The Morgan fingerprint density at radius 3 is 2.71 bits per heavy atom. The van der Waals surface area contributed by atoms with E-state index in [0.717, 1.165) is 59.2 Å². The highest BCUT2D eigenvalue weighted by Gasteiger charge is 2.14. The van der Waals surface area contributed by atoms with Crippen LogP contribution < -0.4 is 10.1 Å². The average Bonchev–Trinajstić information content (AvgIpc) is 2.71. The van der Waals surface area contributed by atoms with Crippen molar-refractivity contribution in [1.82, 2.24) is 10.3 Å². The monoisotopic (exact) mass is 436 g/mol. The van der Waals surface area contributed by atoms with Crippen molar-refractivity contribution in [3.05, 3.63) is 75.9 Å². The normalized spacial score (nSPS) is 14.3. The predicted octanol–water partition coefficient (Wildman–Crippen LogP) is 5.91. The van der Waals surface area contributed by atoms with Crippen LogP contribution in [0.2, 0.25) is 0 Å². The molecule has 4 heteroatoms. The molecule has 1 fully saturated rings. The van der Waals surface area contributed by atoms with Crippen LogP contribution in [0.1, 0.15) is 30.5 Å². The molecule has 1 N–H and O–H groups in total. The first kappa shape index (κ1) is 19.2. The van der Waals surface area contributed by atoms with E-state index < -0.39 is 0 Å². The summed E-state index contributed by atoms with van der Waals surface area (Å²) in [6.45, 7) is 4.79. The van der Waals surface area contributed by atoms with Crippen molar-refractivity contribution in [3.8, 4) is 5.75 Å². The van der Waals surface area contributed by atoms with E-state index >= 15 is 0 Å². The third-order valence-corrected chi connectivity index (χ3v) is 5.74. The van der Waals surface area contributed by atoms with E-state index in [1.807, 2.05) is 31.2 Å². The maximum absolute atomic E-state index is 6.23. The lowest BCUT2D eigenvalue weighted by Gasteiger charge is -2.21. The number of hydrogen-bond acceptors (Lipinski definition) is 3. The quantitative estimate of drug-likeness (QED) is 0.539. The van der Waals surface area contributed by atoms with Gasteiger partial charge in [0.25, 0.3) is 0 Å². The molecule has 0 atom stereocenters. The van der Waals surface area contributed by atoms with Crippen molar-refractivity contribution in [2.45, 2.75) is 26.2 Å². The number of hydrogen-bond donors (Lipinski definition) is 1. The fraction of sp³-hybridized carbons (Fsp3) is 0.292. The Kier molecular flexibility index (Phi) is 6.08. The summed E-state index contributed by atoms with van der Waals surface area (Å²) in [5.41, 5.74) is 6.29. The van der Waals surface area contributed by atoms with Crippen LogP contribution in [0.25, 0.3) is 16.5 Å². The summed E-state index contributed by atoms with van der Waals surface area (Å²) in [5.74, 6) is 0.911. The molecule has 0 spiro atoms. The van der Waals surface area contributed by atoms with Crippen LogP contribution in [0.4, 0.5) is 0 Å². The Hall–Kier alpha value is -2.17. The number of pyridine rings is 1. The van der Waals surface area contributed by atoms with Gasteiger partial charge < -0.3 is 10.1 Å². The molecule has 1 aromatic heterocycles. The first-order chi connectivity index (χ1) is 13.7. The Morgan fingerprint density at radius 2 is 1.89 bits per heavy atom. The van der Waals surface area contributed by atoms with Gasteiger partial charge in [-0.1, -0.05) is 39.7 Å². The molecule has 0 radical (unpaired) electrons. The first-order valence-corrected chi connectivity index (χ1v) is 10.7. The van der Waals surface area contributed by atoms with E-state index in [1.54, 1.807) is 5.57 Å². The topological polar surface area (TPSA) is 34.1 Å². The minimum atomic E-state index is 0.658. The van der Waals surface area contributed by atoms with Crippen molar-refractivity contribution in [2.75, 3.05) is 19.7 Å². The number of nitrogens with zero attached hydrogens (tertiary/aromatic N) is 1. The molecule has 3 nitrogen and oxygen atoms in total. The van der Waals surface area contributed by atoms with Gasteiger partial charge in [-0.15, -0.1) is 0 Å². The minimum Gasteiger partial charge on any atom is -0.493 e. The molecular weight excluding hydrogens is 412 g/mol. The van der Waals surface area contributed by atoms with Gasteiger partial charge in [0.1, 0.15) is 5.75 Å². The van der Waals surface area contributed by atoms with Gasteiger partial charge in [0, 0.05) is 22.0 Å². The largest absolute Gasteiger partial charge is 0.493 e. The Labute approximate surface area is 175 Å². The van der Waals surface area contributed by atoms with Gasteiger partial charge in [0.05, 0.1) is 12.1 Å². The Balaban J connectivity index is 1.56. The lowest BCUT2D eigenvalue weighted by atomic mass is 9.92. The van der Waals surface area contributed by atoms with Crippen LogP contribution >= 0.6 is 15.9 Å². The SMILES string of the molecule is Cc1ccc2c(OCCC(=C3CCNCC3)c3cccc(Br)c3)cccc2n1. The van der Waals surface area contributed by atoms with Gasteiger partial charge in [-0.3, -0.25) is 4.98 Å². The van der Waals surface area contributed by atoms with Crippen molar-refractivity contribution in [3.63, 3.8) is 0 Å². The summed E-state index contributed by atoms with van der Waals surface area (Å²) in [5, 5.41) is 4.53. The Morgan fingerprint density at radius 1 is 1.07 bits per heavy atom. The number of rotatable bonds is 5. The summed E-state index contributed by atoms with van der Waals surface area (Å²) < 4.78 is 7.35. The van der Waals surface area contributed by atoms with Crippen LogP contribution in [-0.2, 0) is 0 Å². The number of fused-ring (bicyclic) bond motifs is 1. The zero-order valence-corrected chi connectivity index (χ0v) is 17.8. The van der Waals surface area contributed by atoms with Gasteiger partial charge in [0.2, 0.25) is 0 Å². The predicted molar refractivity (Wildman–Crippen MR) is 120 cm³/mol. The molecule has 0 amide bonds. The van der Waals surface area contributed by atoms with Crippen molar-refractivity contribution < 1.29 is 4.74 Å². The second-order valence-electron chi connectivity index (χ2n) is 7.22. The smallest absolute Gasteiger partial charge is 0.128 e. The van der Waals surface area contributed by atoms with E-state index in [9.17, 15) is 0 Å². The summed E-state index contributed by atoms with van der Waals surface area (Å²) in [4.78, 5) is 4.61. The van der Waals surface area contributed by atoms with Gasteiger partial charge in [0.15, 0.2) is 0 Å². The number of halogens is 1. The first-order valence-electron chi connectivity index (χ1n) is 9.87. The van der Waals surface area contributed by atoms with Crippen molar-refractivity contribution in [2.24, 2.45) is 0 Å². The molecule has 28 heavy (non-hydrogen) atoms. The van der Waals surface area contributed by atoms with Crippen LogP contribution in [0, 0.1) is 6.92 Å². The number of benzene rings is 2. The zero-order valence-electron chi connectivity index (χ0n) is 16.2. The molecule has 1 saturated heterocycles. The number of aromatic nitrogens is 1. The highest BCUT2D eigenvalue weighted by molar-refractivity contribution is 9.10. The van der Waals surface area contributed by atoms with Crippen LogP contribution in [0.5, 0.6) is 5.75 Å². The summed E-state index contributed by atoms with van der Waals surface area (Å²) in [7, 11) is 0. The molecule has 0 saturated carbocycles. The van der Waals surface area contributed by atoms with Crippen LogP contribution in [-0.4, -0.2) is 24.7 Å². The Bertz CT molecular complexity index is 1000. The fourth-order valence-corrected chi connectivity index (χ4v) is 4.25. The molecule has 2 heterocycles. The number of piperidine rings is 1. The van der Waals surface area contributed by atoms with E-state index in [1.165, 1.54) is 11.1 Å². The second-order valence-corrected chi connectivity index (χ2v) is 8.13.